The largest absolute Gasteiger partial charge is 0.479 e. The molecule has 0 spiro atoms. The van der Waals surface area contributed by atoms with Crippen molar-refractivity contribution in [3.63, 3.8) is 0 Å². The molecule has 25 heavy (non-hydrogen) atoms. The van der Waals surface area contributed by atoms with Crippen LogP contribution >= 0.6 is 0 Å². The molecule has 2 aliphatic rings. The maximum absolute atomic E-state index is 12.3. The Kier molecular flexibility index (Phi) is 4.74. The van der Waals surface area contributed by atoms with Gasteiger partial charge in [-0.15, -0.1) is 0 Å². The molecule has 1 aromatic carbocycles. The average Bonchev–Trinajstić information content (AvgIpc) is 2.58. The third-order valence-electron chi connectivity index (χ3n) is 4.29. The Bertz CT molecular complexity index is 661. The lowest BCUT2D eigenvalue weighted by Crippen LogP contribution is -2.52. The Balaban J connectivity index is 1.61. The molecule has 3 amide bonds. The summed E-state index contributed by atoms with van der Waals surface area (Å²) in [5, 5.41) is 5.83. The predicted molar refractivity (Wildman–Crippen MR) is 97.2 cm³/mol. The SMILES string of the molecule is CC(C)(C)CNC(=O)N1CCN(c2cccc3c2OCC(=O)N3)CC1. The quantitative estimate of drug-likeness (QED) is 0.858. The Labute approximate surface area is 148 Å². The lowest BCUT2D eigenvalue weighted by Gasteiger charge is -2.37. The van der Waals surface area contributed by atoms with E-state index in [1.54, 1.807) is 0 Å². The number of anilines is 2. The van der Waals surface area contributed by atoms with Gasteiger partial charge in [0.15, 0.2) is 12.4 Å². The van der Waals surface area contributed by atoms with Gasteiger partial charge in [0, 0.05) is 32.7 Å². The van der Waals surface area contributed by atoms with Crippen molar-refractivity contribution >= 4 is 23.3 Å². The van der Waals surface area contributed by atoms with Crippen molar-refractivity contribution in [3.05, 3.63) is 18.2 Å². The van der Waals surface area contributed by atoms with Gasteiger partial charge in [-0.3, -0.25) is 4.79 Å². The molecule has 1 aromatic rings. The van der Waals surface area contributed by atoms with Gasteiger partial charge in [0.1, 0.15) is 0 Å². The summed E-state index contributed by atoms with van der Waals surface area (Å²) in [7, 11) is 0. The molecule has 3 rings (SSSR count). The standard InChI is InChI=1S/C18H26N4O3/c1-18(2,3)12-19-17(24)22-9-7-21(8-10-22)14-6-4-5-13-16(14)25-11-15(23)20-13/h4-6H,7-12H2,1-3H3,(H,19,24)(H,20,23). The molecule has 0 unspecified atom stereocenters. The third-order valence-corrected chi connectivity index (χ3v) is 4.29. The van der Waals surface area contributed by atoms with E-state index < -0.39 is 0 Å². The zero-order chi connectivity index (χ0) is 18.0. The summed E-state index contributed by atoms with van der Waals surface area (Å²) < 4.78 is 5.62. The van der Waals surface area contributed by atoms with E-state index in [1.807, 2.05) is 23.1 Å². The number of fused-ring (bicyclic) bond motifs is 1. The van der Waals surface area contributed by atoms with Gasteiger partial charge in [-0.1, -0.05) is 26.8 Å². The fraction of sp³-hybridized carbons (Fsp3) is 0.556. The molecule has 2 aliphatic heterocycles. The monoisotopic (exact) mass is 346 g/mol. The van der Waals surface area contributed by atoms with E-state index in [2.05, 4.69) is 36.3 Å². The number of piperazine rings is 1. The van der Waals surface area contributed by atoms with Crippen molar-refractivity contribution in [1.82, 2.24) is 10.2 Å². The van der Waals surface area contributed by atoms with E-state index in [4.69, 9.17) is 4.74 Å². The van der Waals surface area contributed by atoms with Crippen LogP contribution in [0.3, 0.4) is 0 Å². The van der Waals surface area contributed by atoms with Crippen LogP contribution in [0.15, 0.2) is 18.2 Å². The van der Waals surface area contributed by atoms with Crippen LogP contribution in [0.1, 0.15) is 20.8 Å². The summed E-state index contributed by atoms with van der Waals surface area (Å²) in [4.78, 5) is 27.8. The van der Waals surface area contributed by atoms with Crippen LogP contribution in [0.5, 0.6) is 5.75 Å². The van der Waals surface area contributed by atoms with Crippen LogP contribution in [0.4, 0.5) is 16.2 Å². The molecular weight excluding hydrogens is 320 g/mol. The third kappa shape index (κ3) is 4.15. The summed E-state index contributed by atoms with van der Waals surface area (Å²) in [5.74, 6) is 0.581. The number of urea groups is 1. The van der Waals surface area contributed by atoms with E-state index in [9.17, 15) is 9.59 Å². The Morgan fingerprint density at radius 2 is 1.96 bits per heavy atom. The normalized spacial score (nSPS) is 17.5. The summed E-state index contributed by atoms with van der Waals surface area (Å²) in [5.41, 5.74) is 1.74. The molecule has 2 heterocycles. The number of benzene rings is 1. The first-order valence-corrected chi connectivity index (χ1v) is 8.67. The minimum atomic E-state index is -0.134. The number of nitrogens with one attached hydrogen (secondary N) is 2. The number of para-hydroxylation sites is 1. The molecule has 0 aromatic heterocycles. The van der Waals surface area contributed by atoms with Gasteiger partial charge in [0.25, 0.3) is 5.91 Å². The molecule has 0 bridgehead atoms. The second kappa shape index (κ2) is 6.82. The summed E-state index contributed by atoms with van der Waals surface area (Å²) in [6.45, 7) is 9.78. The van der Waals surface area contributed by atoms with E-state index >= 15 is 0 Å². The number of amides is 3. The highest BCUT2D eigenvalue weighted by molar-refractivity contribution is 5.97. The van der Waals surface area contributed by atoms with Gasteiger partial charge in [-0.2, -0.15) is 0 Å². The highest BCUT2D eigenvalue weighted by atomic mass is 16.5. The van der Waals surface area contributed by atoms with E-state index in [0.29, 0.717) is 31.1 Å². The Hall–Kier alpha value is -2.44. The molecule has 1 saturated heterocycles. The summed E-state index contributed by atoms with van der Waals surface area (Å²) in [6.07, 6.45) is 0. The Morgan fingerprint density at radius 1 is 1.24 bits per heavy atom. The highest BCUT2D eigenvalue weighted by Crippen LogP contribution is 2.38. The predicted octanol–water partition coefficient (Wildman–Crippen LogP) is 1.90. The zero-order valence-corrected chi connectivity index (χ0v) is 15.1. The molecule has 0 atom stereocenters. The van der Waals surface area contributed by atoms with Crippen LogP contribution in [0.2, 0.25) is 0 Å². The molecule has 0 aliphatic carbocycles. The minimum absolute atomic E-state index is 0.00632. The molecular formula is C18H26N4O3. The summed E-state index contributed by atoms with van der Waals surface area (Å²) in [6, 6.07) is 5.73. The van der Waals surface area contributed by atoms with Crippen molar-refractivity contribution in [1.29, 1.82) is 0 Å². The lowest BCUT2D eigenvalue weighted by molar-refractivity contribution is -0.118. The fourth-order valence-corrected chi connectivity index (χ4v) is 2.95. The van der Waals surface area contributed by atoms with Crippen LogP contribution in [-0.4, -0.2) is 56.2 Å². The van der Waals surface area contributed by atoms with E-state index in [-0.39, 0.29) is 24.0 Å². The molecule has 0 saturated carbocycles. The van der Waals surface area contributed by atoms with Gasteiger partial charge in [0.2, 0.25) is 0 Å². The van der Waals surface area contributed by atoms with E-state index in [0.717, 1.165) is 18.8 Å². The van der Waals surface area contributed by atoms with Crippen LogP contribution in [-0.2, 0) is 4.79 Å². The maximum Gasteiger partial charge on any atom is 0.317 e. The Morgan fingerprint density at radius 3 is 2.64 bits per heavy atom. The van der Waals surface area contributed by atoms with Crippen LogP contribution in [0.25, 0.3) is 0 Å². The lowest BCUT2D eigenvalue weighted by atomic mass is 9.97. The average molecular weight is 346 g/mol. The zero-order valence-electron chi connectivity index (χ0n) is 15.1. The van der Waals surface area contributed by atoms with Crippen molar-refractivity contribution < 1.29 is 14.3 Å². The molecule has 1 fully saturated rings. The van der Waals surface area contributed by atoms with Crippen LogP contribution < -0.4 is 20.3 Å². The topological polar surface area (TPSA) is 73.9 Å². The molecule has 2 N–H and O–H groups in total. The van der Waals surface area contributed by atoms with E-state index in [1.165, 1.54) is 0 Å². The first-order valence-electron chi connectivity index (χ1n) is 8.67. The minimum Gasteiger partial charge on any atom is -0.479 e. The number of nitrogens with zero attached hydrogens (tertiary/aromatic N) is 2. The van der Waals surface area contributed by atoms with Crippen LogP contribution in [0, 0.1) is 5.41 Å². The molecule has 7 nitrogen and oxygen atoms in total. The van der Waals surface area contributed by atoms with Crippen molar-refractivity contribution in [2.45, 2.75) is 20.8 Å². The number of carbonyl (C=O) groups excluding carboxylic acids is 2. The summed E-state index contributed by atoms with van der Waals surface area (Å²) >= 11 is 0. The molecule has 136 valence electrons. The fourth-order valence-electron chi connectivity index (χ4n) is 2.95. The van der Waals surface area contributed by atoms with Gasteiger partial charge in [-0.25, -0.2) is 4.79 Å². The second-order valence-electron chi connectivity index (χ2n) is 7.68. The first kappa shape index (κ1) is 17.4. The second-order valence-corrected chi connectivity index (χ2v) is 7.68. The maximum atomic E-state index is 12.3. The number of rotatable bonds is 2. The van der Waals surface area contributed by atoms with Crippen molar-refractivity contribution in [2.75, 3.05) is 49.5 Å². The molecule has 0 radical (unpaired) electrons. The molecule has 7 heteroatoms. The van der Waals surface area contributed by atoms with Crippen molar-refractivity contribution in [3.8, 4) is 5.75 Å². The smallest absolute Gasteiger partial charge is 0.317 e. The van der Waals surface area contributed by atoms with Gasteiger partial charge >= 0.3 is 6.03 Å². The first-order chi connectivity index (χ1) is 11.8. The van der Waals surface area contributed by atoms with Gasteiger partial charge in [-0.05, 0) is 17.5 Å². The van der Waals surface area contributed by atoms with Gasteiger partial charge in [0.05, 0.1) is 11.4 Å². The van der Waals surface area contributed by atoms with Gasteiger partial charge < -0.3 is 25.2 Å². The number of ether oxygens (including phenoxy) is 1. The number of hydrogen-bond donors (Lipinski definition) is 2. The number of hydrogen-bond acceptors (Lipinski definition) is 4. The number of carbonyl (C=O) groups is 2. The highest BCUT2D eigenvalue weighted by Gasteiger charge is 2.26. The van der Waals surface area contributed by atoms with Crippen molar-refractivity contribution in [2.24, 2.45) is 5.41 Å².